The number of thioether (sulfide) groups is 1. The fourth-order valence-corrected chi connectivity index (χ4v) is 3.23. The molecule has 0 saturated heterocycles. The van der Waals surface area contributed by atoms with E-state index in [9.17, 15) is 4.39 Å². The summed E-state index contributed by atoms with van der Waals surface area (Å²) in [5.74, 6) is 2.04. The molecule has 0 amide bonds. The van der Waals surface area contributed by atoms with Crippen LogP contribution in [-0.4, -0.2) is 9.97 Å². The Morgan fingerprint density at radius 2 is 2.15 bits per heavy atom. The number of aromatic nitrogens is 2. The van der Waals surface area contributed by atoms with Crippen molar-refractivity contribution < 1.29 is 4.39 Å². The summed E-state index contributed by atoms with van der Waals surface area (Å²) < 4.78 is 13.9. The lowest BCUT2D eigenvalue weighted by atomic mass is 10.3. The first kappa shape index (κ1) is 13.8. The molecule has 1 heterocycles. The summed E-state index contributed by atoms with van der Waals surface area (Å²) in [6.07, 6.45) is 2.32. The zero-order valence-electron chi connectivity index (χ0n) is 10.6. The molecule has 0 radical (unpaired) electrons. The van der Waals surface area contributed by atoms with Gasteiger partial charge < -0.3 is 5.73 Å². The molecule has 3 nitrogen and oxygen atoms in total. The molecule has 6 heteroatoms. The van der Waals surface area contributed by atoms with Crippen molar-refractivity contribution in [1.29, 1.82) is 0 Å². The van der Waals surface area contributed by atoms with E-state index in [2.05, 4.69) is 25.9 Å². The van der Waals surface area contributed by atoms with Crippen molar-refractivity contribution in [3.63, 3.8) is 0 Å². The molecular weight excluding hydrogens is 341 g/mol. The van der Waals surface area contributed by atoms with E-state index >= 15 is 0 Å². The maximum absolute atomic E-state index is 13.1. The third-order valence-corrected chi connectivity index (χ3v) is 4.88. The van der Waals surface area contributed by atoms with Crippen molar-refractivity contribution in [1.82, 2.24) is 9.97 Å². The number of benzene rings is 1. The maximum Gasteiger partial charge on any atom is 0.141 e. The first-order valence-electron chi connectivity index (χ1n) is 6.33. The summed E-state index contributed by atoms with van der Waals surface area (Å²) in [7, 11) is 0. The SMILES string of the molecule is Nc1nc(CSc2cccc(F)c2)nc(C2CC2)c1Br. The van der Waals surface area contributed by atoms with Crippen molar-refractivity contribution in [2.24, 2.45) is 0 Å². The van der Waals surface area contributed by atoms with E-state index in [0.717, 1.165) is 27.9 Å². The molecule has 1 aromatic heterocycles. The lowest BCUT2D eigenvalue weighted by Gasteiger charge is -2.08. The summed E-state index contributed by atoms with van der Waals surface area (Å²) in [4.78, 5) is 9.73. The second-order valence-electron chi connectivity index (χ2n) is 4.74. The molecule has 0 unspecified atom stereocenters. The van der Waals surface area contributed by atoms with Crippen LogP contribution in [0.3, 0.4) is 0 Å². The van der Waals surface area contributed by atoms with Gasteiger partial charge >= 0.3 is 0 Å². The minimum Gasteiger partial charge on any atom is -0.383 e. The monoisotopic (exact) mass is 353 g/mol. The van der Waals surface area contributed by atoms with Crippen LogP contribution < -0.4 is 5.73 Å². The van der Waals surface area contributed by atoms with Gasteiger partial charge in [-0.3, -0.25) is 0 Å². The fraction of sp³-hybridized carbons (Fsp3) is 0.286. The van der Waals surface area contributed by atoms with Crippen molar-refractivity contribution in [3.05, 3.63) is 46.1 Å². The van der Waals surface area contributed by atoms with E-state index in [1.54, 1.807) is 6.07 Å². The number of hydrogen-bond acceptors (Lipinski definition) is 4. The van der Waals surface area contributed by atoms with Crippen molar-refractivity contribution in [2.45, 2.75) is 29.4 Å². The van der Waals surface area contributed by atoms with Gasteiger partial charge in [-0.25, -0.2) is 14.4 Å². The Morgan fingerprint density at radius 1 is 1.35 bits per heavy atom. The van der Waals surface area contributed by atoms with Crippen molar-refractivity contribution in [3.8, 4) is 0 Å². The molecule has 1 fully saturated rings. The average Bonchev–Trinajstić information content (AvgIpc) is 3.24. The van der Waals surface area contributed by atoms with Crippen LogP contribution in [0.2, 0.25) is 0 Å². The van der Waals surface area contributed by atoms with Crippen LogP contribution in [0.1, 0.15) is 30.3 Å². The molecule has 0 aliphatic heterocycles. The number of nitrogen functional groups attached to an aromatic ring is 1. The molecule has 1 aliphatic carbocycles. The van der Waals surface area contributed by atoms with E-state index < -0.39 is 0 Å². The largest absolute Gasteiger partial charge is 0.383 e. The Hall–Kier alpha value is -1.14. The maximum atomic E-state index is 13.1. The molecule has 2 aromatic rings. The van der Waals surface area contributed by atoms with Gasteiger partial charge in [0.15, 0.2) is 0 Å². The molecule has 0 spiro atoms. The van der Waals surface area contributed by atoms with Gasteiger partial charge in [-0.1, -0.05) is 6.07 Å². The highest BCUT2D eigenvalue weighted by Gasteiger charge is 2.28. The first-order valence-corrected chi connectivity index (χ1v) is 8.11. The quantitative estimate of drug-likeness (QED) is 0.839. The Labute approximate surface area is 129 Å². The first-order chi connectivity index (χ1) is 9.63. The zero-order chi connectivity index (χ0) is 14.1. The number of hydrogen-bond donors (Lipinski definition) is 1. The third kappa shape index (κ3) is 3.12. The van der Waals surface area contributed by atoms with Crippen LogP contribution in [0.25, 0.3) is 0 Å². The normalized spacial score (nSPS) is 14.5. The van der Waals surface area contributed by atoms with Gasteiger partial charge in [-0.15, -0.1) is 11.8 Å². The van der Waals surface area contributed by atoms with Crippen LogP contribution >= 0.6 is 27.7 Å². The van der Waals surface area contributed by atoms with Gasteiger partial charge in [-0.2, -0.15) is 0 Å². The highest BCUT2D eigenvalue weighted by atomic mass is 79.9. The summed E-state index contributed by atoms with van der Waals surface area (Å²) in [5, 5.41) is 0. The van der Waals surface area contributed by atoms with E-state index in [4.69, 9.17) is 5.73 Å². The molecule has 1 aromatic carbocycles. The topological polar surface area (TPSA) is 51.8 Å². The lowest BCUT2D eigenvalue weighted by Crippen LogP contribution is -2.04. The highest BCUT2D eigenvalue weighted by Crippen LogP contribution is 2.43. The van der Waals surface area contributed by atoms with E-state index in [-0.39, 0.29) is 5.82 Å². The number of halogens is 2. The zero-order valence-corrected chi connectivity index (χ0v) is 13.0. The van der Waals surface area contributed by atoms with Crippen molar-refractivity contribution >= 4 is 33.5 Å². The summed E-state index contributed by atoms with van der Waals surface area (Å²) in [6.45, 7) is 0. The Balaban J connectivity index is 1.77. The predicted octanol–water partition coefficient (Wildman–Crippen LogP) is 4.13. The second-order valence-corrected chi connectivity index (χ2v) is 6.59. The Kier molecular flexibility index (Phi) is 3.94. The molecule has 1 saturated carbocycles. The summed E-state index contributed by atoms with van der Waals surface area (Å²) >= 11 is 4.96. The number of rotatable bonds is 4. The van der Waals surface area contributed by atoms with Crippen LogP contribution in [-0.2, 0) is 5.75 Å². The molecule has 104 valence electrons. The number of anilines is 1. The van der Waals surface area contributed by atoms with E-state index in [0.29, 0.717) is 23.3 Å². The highest BCUT2D eigenvalue weighted by molar-refractivity contribution is 9.10. The molecule has 1 aliphatic rings. The van der Waals surface area contributed by atoms with Gasteiger partial charge in [-0.05, 0) is 47.0 Å². The molecule has 0 bridgehead atoms. The summed E-state index contributed by atoms with van der Waals surface area (Å²) in [6, 6.07) is 6.51. The number of nitrogens with zero attached hydrogens (tertiary/aromatic N) is 2. The van der Waals surface area contributed by atoms with Gasteiger partial charge in [0.2, 0.25) is 0 Å². The fourth-order valence-electron chi connectivity index (χ4n) is 1.93. The van der Waals surface area contributed by atoms with E-state index in [1.807, 2.05) is 6.07 Å². The smallest absolute Gasteiger partial charge is 0.141 e. The van der Waals surface area contributed by atoms with Crippen LogP contribution in [0.15, 0.2) is 33.6 Å². The van der Waals surface area contributed by atoms with Crippen molar-refractivity contribution in [2.75, 3.05) is 5.73 Å². The molecule has 3 rings (SSSR count). The van der Waals surface area contributed by atoms with Gasteiger partial charge in [0.1, 0.15) is 17.5 Å². The van der Waals surface area contributed by atoms with E-state index in [1.165, 1.54) is 23.9 Å². The molecule has 0 atom stereocenters. The van der Waals surface area contributed by atoms with Crippen LogP contribution in [0.5, 0.6) is 0 Å². The van der Waals surface area contributed by atoms with Crippen LogP contribution in [0, 0.1) is 5.82 Å². The Morgan fingerprint density at radius 3 is 2.85 bits per heavy atom. The van der Waals surface area contributed by atoms with Gasteiger partial charge in [0.05, 0.1) is 15.9 Å². The Bertz CT molecular complexity index is 646. The standard InChI is InChI=1S/C14H13BrFN3S/c15-12-13(8-4-5-8)18-11(19-14(12)17)7-20-10-3-1-2-9(16)6-10/h1-3,6,8H,4-5,7H2,(H2,17,18,19). The predicted molar refractivity (Wildman–Crippen MR) is 82.1 cm³/mol. The number of nitrogens with two attached hydrogens (primary N) is 1. The molecular formula is C14H13BrFN3S. The molecule has 2 N–H and O–H groups in total. The van der Waals surface area contributed by atoms with Gasteiger partial charge in [0, 0.05) is 10.8 Å². The summed E-state index contributed by atoms with van der Waals surface area (Å²) in [5.41, 5.74) is 6.92. The van der Waals surface area contributed by atoms with Gasteiger partial charge in [0.25, 0.3) is 0 Å². The van der Waals surface area contributed by atoms with Crippen LogP contribution in [0.4, 0.5) is 10.2 Å². The average molecular weight is 354 g/mol. The second kappa shape index (κ2) is 5.69. The minimum atomic E-state index is -0.232. The lowest BCUT2D eigenvalue weighted by molar-refractivity contribution is 0.624. The minimum absolute atomic E-state index is 0.232. The third-order valence-electron chi connectivity index (χ3n) is 3.08. The molecule has 20 heavy (non-hydrogen) atoms.